The first kappa shape index (κ1) is 11.1. The molecule has 0 unspecified atom stereocenters. The van der Waals surface area contributed by atoms with Crippen LogP contribution in [0.2, 0.25) is 0 Å². The van der Waals surface area contributed by atoms with Crippen LogP contribution in [0, 0.1) is 6.92 Å². The Balaban J connectivity index is 0.000000261. The lowest BCUT2D eigenvalue weighted by molar-refractivity contribution is -0.134. The summed E-state index contributed by atoms with van der Waals surface area (Å²) in [6.45, 7) is 5.23. The Labute approximate surface area is 76.1 Å². The van der Waals surface area contributed by atoms with Crippen LogP contribution in [0.1, 0.15) is 24.5 Å². The van der Waals surface area contributed by atoms with E-state index in [0.29, 0.717) is 0 Å². The van der Waals surface area contributed by atoms with Crippen LogP contribution >= 0.6 is 11.3 Å². The summed E-state index contributed by atoms with van der Waals surface area (Å²) in [5.74, 6) is -0.833. The molecule has 1 aromatic rings. The van der Waals surface area contributed by atoms with Crippen LogP contribution in [0.5, 0.6) is 0 Å². The van der Waals surface area contributed by atoms with Gasteiger partial charge in [-0.2, -0.15) is 0 Å². The molecule has 0 spiro atoms. The lowest BCUT2D eigenvalue weighted by atomic mass is 10.4. The number of aliphatic carboxylic acids is 1. The van der Waals surface area contributed by atoms with E-state index in [2.05, 4.69) is 17.3 Å². The number of carbonyl (C=O) groups is 1. The van der Waals surface area contributed by atoms with Crippen LogP contribution in [-0.4, -0.2) is 16.1 Å². The molecule has 0 saturated heterocycles. The molecule has 68 valence electrons. The number of rotatable bonds is 1. The van der Waals surface area contributed by atoms with E-state index in [1.165, 1.54) is 10.7 Å². The molecule has 1 heterocycles. The van der Waals surface area contributed by atoms with Gasteiger partial charge in [-0.3, -0.25) is 4.79 Å². The van der Waals surface area contributed by atoms with E-state index >= 15 is 0 Å². The number of aryl methyl sites for hydroxylation is 2. The van der Waals surface area contributed by atoms with Gasteiger partial charge in [-0.25, -0.2) is 4.98 Å². The van der Waals surface area contributed by atoms with Gasteiger partial charge >= 0.3 is 0 Å². The highest BCUT2D eigenvalue weighted by Gasteiger charge is 1.91. The summed E-state index contributed by atoms with van der Waals surface area (Å²) in [7, 11) is 0. The van der Waals surface area contributed by atoms with E-state index < -0.39 is 5.97 Å². The minimum Gasteiger partial charge on any atom is -0.481 e. The Morgan fingerprint density at radius 2 is 2.25 bits per heavy atom. The second-order valence-electron chi connectivity index (χ2n) is 2.23. The minimum absolute atomic E-state index is 0.833. The highest BCUT2D eigenvalue weighted by Crippen LogP contribution is 2.07. The molecule has 0 bridgehead atoms. The molecule has 0 radical (unpaired) electrons. The largest absolute Gasteiger partial charge is 0.481 e. The van der Waals surface area contributed by atoms with Crippen LogP contribution in [0.3, 0.4) is 0 Å². The molecular formula is C8H13NO2S. The number of hydrogen-bond donors (Lipinski definition) is 1. The molecule has 0 saturated carbocycles. The van der Waals surface area contributed by atoms with E-state index in [1.54, 1.807) is 11.3 Å². The topological polar surface area (TPSA) is 50.2 Å². The summed E-state index contributed by atoms with van der Waals surface area (Å²) in [6, 6.07) is 0. The van der Waals surface area contributed by atoms with Gasteiger partial charge in [0.2, 0.25) is 0 Å². The predicted octanol–water partition coefficient (Wildman–Crippen LogP) is 2.10. The van der Waals surface area contributed by atoms with Crippen LogP contribution in [-0.2, 0) is 11.2 Å². The van der Waals surface area contributed by atoms with E-state index in [0.717, 1.165) is 13.3 Å². The number of thiazole rings is 1. The third kappa shape index (κ3) is 5.85. The maximum atomic E-state index is 9.00. The Hall–Kier alpha value is -0.900. The lowest BCUT2D eigenvalue weighted by Crippen LogP contribution is -1.78. The van der Waals surface area contributed by atoms with Gasteiger partial charge in [0.15, 0.2) is 0 Å². The average molecular weight is 187 g/mol. The van der Waals surface area contributed by atoms with Gasteiger partial charge in [0, 0.05) is 12.3 Å². The molecule has 0 amide bonds. The Kier molecular flexibility index (Phi) is 5.28. The molecule has 0 aliphatic heterocycles. The van der Waals surface area contributed by atoms with Crippen LogP contribution < -0.4 is 0 Å². The molecular weight excluding hydrogens is 174 g/mol. The van der Waals surface area contributed by atoms with Gasteiger partial charge in [0.25, 0.3) is 5.97 Å². The van der Waals surface area contributed by atoms with Crippen LogP contribution in [0.4, 0.5) is 0 Å². The van der Waals surface area contributed by atoms with E-state index in [1.807, 2.05) is 6.92 Å². The van der Waals surface area contributed by atoms with Gasteiger partial charge in [-0.05, 0) is 13.3 Å². The number of nitrogens with zero attached hydrogens (tertiary/aromatic N) is 1. The molecule has 4 heteroatoms. The number of carboxylic acids is 1. The third-order valence-electron chi connectivity index (χ3n) is 1.03. The molecule has 1 rings (SSSR count). The van der Waals surface area contributed by atoms with Crippen molar-refractivity contribution in [2.24, 2.45) is 0 Å². The first-order valence-electron chi connectivity index (χ1n) is 3.66. The third-order valence-corrected chi connectivity index (χ3v) is 1.85. The van der Waals surface area contributed by atoms with Gasteiger partial charge in [-0.15, -0.1) is 11.3 Å². The van der Waals surface area contributed by atoms with Crippen molar-refractivity contribution in [3.05, 3.63) is 16.1 Å². The molecule has 12 heavy (non-hydrogen) atoms. The van der Waals surface area contributed by atoms with Gasteiger partial charge in [0.05, 0.1) is 10.7 Å². The molecule has 1 aromatic heterocycles. The fourth-order valence-corrected chi connectivity index (χ4v) is 1.27. The highest BCUT2D eigenvalue weighted by molar-refractivity contribution is 7.09. The molecule has 0 aliphatic carbocycles. The second kappa shape index (κ2) is 5.71. The highest BCUT2D eigenvalue weighted by atomic mass is 32.1. The van der Waals surface area contributed by atoms with Gasteiger partial charge in [-0.1, -0.05) is 6.92 Å². The maximum absolute atomic E-state index is 9.00. The van der Waals surface area contributed by atoms with Crippen molar-refractivity contribution in [3.63, 3.8) is 0 Å². The van der Waals surface area contributed by atoms with E-state index in [9.17, 15) is 0 Å². The van der Waals surface area contributed by atoms with Crippen molar-refractivity contribution >= 4 is 17.3 Å². The zero-order valence-corrected chi connectivity index (χ0v) is 8.31. The van der Waals surface area contributed by atoms with Gasteiger partial charge < -0.3 is 5.11 Å². The summed E-state index contributed by atoms with van der Waals surface area (Å²) >= 11 is 1.72. The zero-order chi connectivity index (χ0) is 9.56. The average Bonchev–Trinajstić information content (AvgIpc) is 2.34. The predicted molar refractivity (Wildman–Crippen MR) is 49.5 cm³/mol. The molecule has 0 atom stereocenters. The SMILES string of the molecule is CC(=O)O.CCc1csc(C)n1. The number of hydrogen-bond acceptors (Lipinski definition) is 3. The second-order valence-corrected chi connectivity index (χ2v) is 3.29. The van der Waals surface area contributed by atoms with Crippen molar-refractivity contribution in [1.82, 2.24) is 4.98 Å². The molecule has 0 fully saturated rings. The smallest absolute Gasteiger partial charge is 0.300 e. The fourth-order valence-electron chi connectivity index (χ4n) is 0.571. The van der Waals surface area contributed by atoms with Crippen LogP contribution in [0.25, 0.3) is 0 Å². The lowest BCUT2D eigenvalue weighted by Gasteiger charge is -1.79. The minimum atomic E-state index is -0.833. The van der Waals surface area contributed by atoms with Crippen molar-refractivity contribution in [1.29, 1.82) is 0 Å². The van der Waals surface area contributed by atoms with Crippen molar-refractivity contribution in [2.45, 2.75) is 27.2 Å². The molecule has 3 nitrogen and oxygen atoms in total. The first-order valence-corrected chi connectivity index (χ1v) is 4.54. The Morgan fingerprint density at radius 1 is 1.75 bits per heavy atom. The summed E-state index contributed by atoms with van der Waals surface area (Å²) in [5.41, 5.74) is 1.22. The fraction of sp³-hybridized carbons (Fsp3) is 0.500. The maximum Gasteiger partial charge on any atom is 0.300 e. The summed E-state index contributed by atoms with van der Waals surface area (Å²) < 4.78 is 0. The first-order chi connectivity index (χ1) is 5.56. The number of aromatic nitrogens is 1. The van der Waals surface area contributed by atoms with E-state index in [-0.39, 0.29) is 0 Å². The molecule has 1 N–H and O–H groups in total. The summed E-state index contributed by atoms with van der Waals surface area (Å²) in [5, 5.41) is 10.7. The monoisotopic (exact) mass is 187 g/mol. The standard InChI is InChI=1S/C6H9NS.C2H4O2/c1-3-6-4-8-5(2)7-6;1-2(3)4/h4H,3H2,1-2H3;1H3,(H,3,4). The Bertz CT molecular complexity index is 241. The quantitative estimate of drug-likeness (QED) is 0.732. The van der Waals surface area contributed by atoms with E-state index in [4.69, 9.17) is 9.90 Å². The molecule has 0 aromatic carbocycles. The summed E-state index contributed by atoms with van der Waals surface area (Å²) in [6.07, 6.45) is 1.06. The summed E-state index contributed by atoms with van der Waals surface area (Å²) in [4.78, 5) is 13.2. The van der Waals surface area contributed by atoms with Crippen molar-refractivity contribution in [2.75, 3.05) is 0 Å². The molecule has 0 aliphatic rings. The normalized spacial score (nSPS) is 8.58. The van der Waals surface area contributed by atoms with Crippen LogP contribution in [0.15, 0.2) is 5.38 Å². The Morgan fingerprint density at radius 3 is 2.42 bits per heavy atom. The van der Waals surface area contributed by atoms with Crippen molar-refractivity contribution < 1.29 is 9.90 Å². The van der Waals surface area contributed by atoms with Gasteiger partial charge in [0.1, 0.15) is 0 Å². The van der Waals surface area contributed by atoms with Crippen molar-refractivity contribution in [3.8, 4) is 0 Å². The zero-order valence-electron chi connectivity index (χ0n) is 7.50. The number of carboxylic acid groups (broad SMARTS) is 1.